The van der Waals surface area contributed by atoms with E-state index >= 15 is 0 Å². The molecule has 0 saturated heterocycles. The monoisotopic (exact) mass is 260 g/mol. The van der Waals surface area contributed by atoms with Gasteiger partial charge in [0.15, 0.2) is 0 Å². The van der Waals surface area contributed by atoms with Crippen molar-refractivity contribution in [1.29, 1.82) is 0 Å². The molecular weight excluding hydrogens is 244 g/mol. The molecule has 0 N–H and O–H groups in total. The molecule has 0 spiro atoms. The lowest BCUT2D eigenvalue weighted by Gasteiger charge is -2.59. The number of carbonyl (C=O) groups excluding carboxylic acids is 1. The molecule has 2 nitrogen and oxygen atoms in total. The van der Waals surface area contributed by atoms with Gasteiger partial charge >= 0.3 is 5.97 Å². The second-order valence-corrected chi connectivity index (χ2v) is 5.68. The van der Waals surface area contributed by atoms with E-state index in [2.05, 4.69) is 29.8 Å². The zero-order valence-electron chi connectivity index (χ0n) is 8.97. The van der Waals surface area contributed by atoms with Gasteiger partial charge in [0.2, 0.25) is 0 Å². The van der Waals surface area contributed by atoms with Crippen LogP contribution in [0.1, 0.15) is 26.7 Å². The zero-order valence-corrected chi connectivity index (χ0v) is 10.6. The molecule has 3 saturated carbocycles. The molecule has 0 radical (unpaired) electrons. The third-order valence-electron chi connectivity index (χ3n) is 4.92. The van der Waals surface area contributed by atoms with Crippen LogP contribution in [-0.4, -0.2) is 18.4 Å². The van der Waals surface area contributed by atoms with E-state index in [9.17, 15) is 4.79 Å². The highest BCUT2D eigenvalue weighted by Gasteiger charge is 2.72. The molecule has 0 heterocycles. The Hall–Kier alpha value is -0.0500. The molecule has 14 heavy (non-hydrogen) atoms. The molecule has 0 amide bonds. The highest BCUT2D eigenvalue weighted by molar-refractivity contribution is 9.09. The standard InChI is InChI=1S/C11H17BrO2/c1-10-5-4-7(11(10,2)6-12)8(10)9(13)14-3/h7-8H,4-6H2,1-3H3/t7-,8+,10-,11-/m1/s1. The van der Waals surface area contributed by atoms with Crippen molar-refractivity contribution in [1.82, 2.24) is 0 Å². The van der Waals surface area contributed by atoms with Crippen LogP contribution in [0.4, 0.5) is 0 Å². The fraction of sp³-hybridized carbons (Fsp3) is 0.909. The molecule has 0 aromatic heterocycles. The Balaban J connectivity index is 2.26. The summed E-state index contributed by atoms with van der Waals surface area (Å²) in [7, 11) is 1.49. The zero-order chi connectivity index (χ0) is 10.6. The van der Waals surface area contributed by atoms with E-state index in [-0.39, 0.29) is 17.3 Å². The van der Waals surface area contributed by atoms with E-state index in [1.54, 1.807) is 0 Å². The number of alkyl halides is 1. The summed E-state index contributed by atoms with van der Waals surface area (Å²) in [6, 6.07) is 0. The largest absolute Gasteiger partial charge is 0.469 e. The van der Waals surface area contributed by atoms with Crippen LogP contribution >= 0.6 is 15.9 Å². The van der Waals surface area contributed by atoms with Gasteiger partial charge in [-0.15, -0.1) is 0 Å². The summed E-state index contributed by atoms with van der Waals surface area (Å²) in [5, 5.41) is 0.995. The van der Waals surface area contributed by atoms with Crippen molar-refractivity contribution in [3.05, 3.63) is 0 Å². The SMILES string of the molecule is COC(=O)[C@@H]1[C@H]2CC[C@@]1(C)[C@]2(C)CBr. The normalized spacial score (nSPS) is 50.0. The van der Waals surface area contributed by atoms with Crippen molar-refractivity contribution in [2.45, 2.75) is 26.7 Å². The Morgan fingerprint density at radius 2 is 2.21 bits per heavy atom. The molecule has 2 bridgehead atoms. The van der Waals surface area contributed by atoms with E-state index in [1.807, 2.05) is 0 Å². The number of rotatable bonds is 2. The second-order valence-electron chi connectivity index (χ2n) is 5.11. The van der Waals surface area contributed by atoms with Gasteiger partial charge in [0, 0.05) is 5.33 Å². The summed E-state index contributed by atoms with van der Waals surface area (Å²) in [6.07, 6.45) is 2.35. The first-order valence-corrected chi connectivity index (χ1v) is 6.27. The number of methoxy groups -OCH3 is 1. The molecular formula is C11H17BrO2. The molecule has 0 unspecified atom stereocenters. The minimum Gasteiger partial charge on any atom is -0.469 e. The third-order valence-corrected chi connectivity index (χ3v) is 6.08. The maximum atomic E-state index is 11.6. The Morgan fingerprint density at radius 1 is 1.57 bits per heavy atom. The van der Waals surface area contributed by atoms with Crippen LogP contribution in [0.5, 0.6) is 0 Å². The van der Waals surface area contributed by atoms with Gasteiger partial charge in [-0.1, -0.05) is 29.8 Å². The van der Waals surface area contributed by atoms with Gasteiger partial charge in [-0.3, -0.25) is 4.79 Å². The first-order valence-electron chi connectivity index (χ1n) is 5.15. The Morgan fingerprint density at radius 3 is 2.57 bits per heavy atom. The number of ether oxygens (including phenoxy) is 1. The van der Waals surface area contributed by atoms with Crippen LogP contribution in [0, 0.1) is 22.7 Å². The number of esters is 1. The average molecular weight is 261 g/mol. The number of hydrogen-bond acceptors (Lipinski definition) is 2. The smallest absolute Gasteiger partial charge is 0.309 e. The van der Waals surface area contributed by atoms with E-state index in [0.717, 1.165) is 5.33 Å². The molecule has 0 aromatic rings. The van der Waals surface area contributed by atoms with E-state index in [4.69, 9.17) is 4.74 Å². The lowest BCUT2D eigenvalue weighted by atomic mass is 9.45. The number of hydrogen-bond donors (Lipinski definition) is 0. The summed E-state index contributed by atoms with van der Waals surface area (Å²) in [5.41, 5.74) is 0.458. The maximum Gasteiger partial charge on any atom is 0.309 e. The van der Waals surface area contributed by atoms with Gasteiger partial charge in [0.05, 0.1) is 13.0 Å². The number of halogens is 1. The Bertz CT molecular complexity index is 278. The number of carbonyl (C=O) groups is 1. The highest BCUT2D eigenvalue weighted by Crippen LogP contribution is 2.74. The van der Waals surface area contributed by atoms with E-state index in [0.29, 0.717) is 11.3 Å². The van der Waals surface area contributed by atoms with Gasteiger partial charge in [-0.05, 0) is 29.6 Å². The van der Waals surface area contributed by atoms with Crippen molar-refractivity contribution < 1.29 is 9.53 Å². The van der Waals surface area contributed by atoms with Gasteiger partial charge in [0.25, 0.3) is 0 Å². The molecule has 3 aliphatic rings. The van der Waals surface area contributed by atoms with Crippen LogP contribution in [0.25, 0.3) is 0 Å². The predicted octanol–water partition coefficient (Wildman–Crippen LogP) is 2.61. The van der Waals surface area contributed by atoms with Crippen LogP contribution < -0.4 is 0 Å². The van der Waals surface area contributed by atoms with Crippen molar-refractivity contribution in [2.75, 3.05) is 12.4 Å². The van der Waals surface area contributed by atoms with Gasteiger partial charge in [-0.25, -0.2) is 0 Å². The van der Waals surface area contributed by atoms with E-state index < -0.39 is 0 Å². The number of fused-ring (bicyclic) bond motifs is 1. The van der Waals surface area contributed by atoms with Crippen molar-refractivity contribution in [3.63, 3.8) is 0 Å². The van der Waals surface area contributed by atoms with Crippen LogP contribution in [0.2, 0.25) is 0 Å². The van der Waals surface area contributed by atoms with Crippen LogP contribution in [0.3, 0.4) is 0 Å². The minimum absolute atomic E-state index is 0.00609. The topological polar surface area (TPSA) is 26.3 Å². The summed E-state index contributed by atoms with van der Waals surface area (Å²) < 4.78 is 4.88. The summed E-state index contributed by atoms with van der Waals surface area (Å²) in [4.78, 5) is 11.6. The third kappa shape index (κ3) is 0.898. The van der Waals surface area contributed by atoms with Crippen molar-refractivity contribution in [2.24, 2.45) is 22.7 Å². The summed E-state index contributed by atoms with van der Waals surface area (Å²) in [6.45, 7) is 4.53. The molecule has 4 atom stereocenters. The second kappa shape index (κ2) is 2.97. The maximum absolute atomic E-state index is 11.6. The lowest BCUT2D eigenvalue weighted by molar-refractivity contribution is -0.179. The van der Waals surface area contributed by atoms with Gasteiger partial charge in [-0.2, -0.15) is 0 Å². The van der Waals surface area contributed by atoms with Crippen molar-refractivity contribution >= 4 is 21.9 Å². The Kier molecular flexibility index (Phi) is 2.22. The fourth-order valence-corrected chi connectivity index (χ4v) is 4.74. The quantitative estimate of drug-likeness (QED) is 0.564. The fourth-order valence-electron chi connectivity index (χ4n) is 3.68. The molecule has 0 aliphatic heterocycles. The summed E-state index contributed by atoms with van der Waals surface area (Å²) >= 11 is 3.58. The first-order chi connectivity index (χ1) is 6.51. The van der Waals surface area contributed by atoms with E-state index in [1.165, 1.54) is 20.0 Å². The minimum atomic E-state index is -0.00609. The molecule has 80 valence electrons. The van der Waals surface area contributed by atoms with Gasteiger partial charge < -0.3 is 4.74 Å². The summed E-state index contributed by atoms with van der Waals surface area (Å²) in [5.74, 6) is 0.669. The lowest BCUT2D eigenvalue weighted by Crippen LogP contribution is -2.60. The molecule has 3 aliphatic carbocycles. The molecule has 3 heteroatoms. The molecule has 0 aromatic carbocycles. The first kappa shape index (κ1) is 10.5. The Labute approximate surface area is 93.5 Å². The van der Waals surface area contributed by atoms with Crippen LogP contribution in [-0.2, 0) is 9.53 Å². The van der Waals surface area contributed by atoms with Gasteiger partial charge in [0.1, 0.15) is 0 Å². The predicted molar refractivity (Wildman–Crippen MR) is 58.2 cm³/mol. The molecule has 3 rings (SSSR count). The average Bonchev–Trinajstić information content (AvgIpc) is 2.67. The van der Waals surface area contributed by atoms with Crippen molar-refractivity contribution in [3.8, 4) is 0 Å². The molecule has 3 fully saturated rings. The highest BCUT2D eigenvalue weighted by atomic mass is 79.9. The van der Waals surface area contributed by atoms with Crippen LogP contribution in [0.15, 0.2) is 0 Å².